The Morgan fingerprint density at radius 2 is 1.94 bits per heavy atom. The molecule has 1 amide bonds. The van der Waals surface area contributed by atoms with Gasteiger partial charge in [-0.05, 0) is 37.1 Å². The van der Waals surface area contributed by atoms with Crippen molar-refractivity contribution >= 4 is 29.3 Å². The van der Waals surface area contributed by atoms with Gasteiger partial charge in [-0.25, -0.2) is 0 Å². The van der Waals surface area contributed by atoms with E-state index in [1.165, 1.54) is 17.3 Å². The molecule has 1 aliphatic rings. The monoisotopic (exact) mass is 485 g/mol. The van der Waals surface area contributed by atoms with Crippen LogP contribution in [0.4, 0.5) is 0 Å². The standard InChI is InChI=1S/C24H28ClN5O2S/c1-17-3-6-19(7-4-17)22(14-29-9-11-32-12-10-29)27-23(31)15-33-24-28-26-16-30(24)20-8-5-18(2)21(25)13-20/h3-8,13,16,22H,9-12,14-15H2,1-2H3,(H,27,31). The van der Waals surface area contributed by atoms with E-state index < -0.39 is 0 Å². The van der Waals surface area contributed by atoms with Crippen LogP contribution in [0.3, 0.4) is 0 Å². The number of amides is 1. The average Bonchev–Trinajstić information content (AvgIpc) is 3.29. The van der Waals surface area contributed by atoms with Crippen LogP contribution in [0.2, 0.25) is 5.02 Å². The summed E-state index contributed by atoms with van der Waals surface area (Å²) in [5.74, 6) is 0.194. The Morgan fingerprint density at radius 3 is 2.67 bits per heavy atom. The fraction of sp³-hybridized carbons (Fsp3) is 0.375. The van der Waals surface area contributed by atoms with E-state index in [9.17, 15) is 4.79 Å². The predicted octanol–water partition coefficient (Wildman–Crippen LogP) is 3.82. The maximum absolute atomic E-state index is 12.9. The van der Waals surface area contributed by atoms with Gasteiger partial charge in [-0.3, -0.25) is 14.3 Å². The molecule has 0 bridgehead atoms. The van der Waals surface area contributed by atoms with E-state index in [0.717, 1.165) is 49.7 Å². The van der Waals surface area contributed by atoms with E-state index in [4.69, 9.17) is 16.3 Å². The van der Waals surface area contributed by atoms with Gasteiger partial charge in [-0.15, -0.1) is 10.2 Å². The Bertz CT molecular complexity index is 1080. The minimum Gasteiger partial charge on any atom is -0.379 e. The number of nitrogens with zero attached hydrogens (tertiary/aromatic N) is 4. The van der Waals surface area contributed by atoms with Crippen molar-refractivity contribution in [2.75, 3.05) is 38.6 Å². The molecule has 0 spiro atoms. The summed E-state index contributed by atoms with van der Waals surface area (Å²) >= 11 is 7.63. The first kappa shape index (κ1) is 23.8. The number of benzene rings is 2. The van der Waals surface area contributed by atoms with Crippen LogP contribution >= 0.6 is 23.4 Å². The highest BCUT2D eigenvalue weighted by Crippen LogP contribution is 2.24. The zero-order valence-electron chi connectivity index (χ0n) is 18.8. The second kappa shape index (κ2) is 11.2. The minimum absolute atomic E-state index is 0.0460. The van der Waals surface area contributed by atoms with Crippen LogP contribution in [0.5, 0.6) is 0 Å². The first-order valence-electron chi connectivity index (χ1n) is 10.9. The predicted molar refractivity (Wildman–Crippen MR) is 131 cm³/mol. The summed E-state index contributed by atoms with van der Waals surface area (Å²) < 4.78 is 7.31. The summed E-state index contributed by atoms with van der Waals surface area (Å²) in [6.45, 7) is 7.96. The van der Waals surface area contributed by atoms with E-state index in [2.05, 4.69) is 51.6 Å². The zero-order chi connectivity index (χ0) is 23.2. The number of halogens is 1. The summed E-state index contributed by atoms with van der Waals surface area (Å²) in [5, 5.41) is 12.8. The molecule has 3 aromatic rings. The van der Waals surface area contributed by atoms with Crippen LogP contribution in [0.15, 0.2) is 53.9 Å². The van der Waals surface area contributed by atoms with Gasteiger partial charge < -0.3 is 10.1 Å². The molecule has 33 heavy (non-hydrogen) atoms. The van der Waals surface area contributed by atoms with Crippen LogP contribution in [-0.2, 0) is 9.53 Å². The fourth-order valence-electron chi connectivity index (χ4n) is 3.67. The molecule has 7 nitrogen and oxygen atoms in total. The van der Waals surface area contributed by atoms with Crippen molar-refractivity contribution in [2.24, 2.45) is 0 Å². The molecule has 1 unspecified atom stereocenters. The number of hydrogen-bond acceptors (Lipinski definition) is 6. The first-order valence-corrected chi connectivity index (χ1v) is 12.3. The number of ether oxygens (including phenoxy) is 1. The average molecular weight is 486 g/mol. The second-order valence-electron chi connectivity index (χ2n) is 8.15. The van der Waals surface area contributed by atoms with Gasteiger partial charge >= 0.3 is 0 Å². The molecule has 0 aliphatic carbocycles. The van der Waals surface area contributed by atoms with Crippen LogP contribution in [0.25, 0.3) is 5.69 Å². The molecular weight excluding hydrogens is 458 g/mol. The molecule has 1 aromatic heterocycles. The molecular formula is C24H28ClN5O2S. The topological polar surface area (TPSA) is 72.3 Å². The van der Waals surface area contributed by atoms with Gasteiger partial charge in [0.2, 0.25) is 5.91 Å². The zero-order valence-corrected chi connectivity index (χ0v) is 20.4. The van der Waals surface area contributed by atoms with Crippen molar-refractivity contribution in [1.29, 1.82) is 0 Å². The van der Waals surface area contributed by atoms with Crippen molar-refractivity contribution in [3.05, 3.63) is 70.5 Å². The van der Waals surface area contributed by atoms with Crippen molar-refractivity contribution in [3.8, 4) is 5.69 Å². The van der Waals surface area contributed by atoms with Crippen molar-refractivity contribution < 1.29 is 9.53 Å². The van der Waals surface area contributed by atoms with Crippen LogP contribution in [0.1, 0.15) is 22.7 Å². The molecule has 4 rings (SSSR count). The van der Waals surface area contributed by atoms with Crippen LogP contribution in [0, 0.1) is 13.8 Å². The maximum Gasteiger partial charge on any atom is 0.231 e. The number of morpholine rings is 1. The summed E-state index contributed by atoms with van der Waals surface area (Å²) in [5.41, 5.74) is 4.16. The molecule has 1 fully saturated rings. The molecule has 1 saturated heterocycles. The van der Waals surface area contributed by atoms with E-state index >= 15 is 0 Å². The van der Waals surface area contributed by atoms with Gasteiger partial charge in [0.25, 0.3) is 0 Å². The lowest BCUT2D eigenvalue weighted by atomic mass is 10.0. The van der Waals surface area contributed by atoms with Crippen LogP contribution < -0.4 is 5.32 Å². The maximum atomic E-state index is 12.9. The second-order valence-corrected chi connectivity index (χ2v) is 9.50. The summed E-state index contributed by atoms with van der Waals surface area (Å²) in [6, 6.07) is 14.0. The highest BCUT2D eigenvalue weighted by Gasteiger charge is 2.21. The summed E-state index contributed by atoms with van der Waals surface area (Å²) in [4.78, 5) is 15.3. The lowest BCUT2D eigenvalue weighted by Gasteiger charge is -2.31. The van der Waals surface area contributed by atoms with E-state index in [1.807, 2.05) is 29.7 Å². The van der Waals surface area contributed by atoms with Crippen molar-refractivity contribution in [3.63, 3.8) is 0 Å². The molecule has 9 heteroatoms. The minimum atomic E-state index is -0.0921. The van der Waals surface area contributed by atoms with E-state index in [1.54, 1.807) is 6.33 Å². The lowest BCUT2D eigenvalue weighted by molar-refractivity contribution is -0.119. The van der Waals surface area contributed by atoms with Gasteiger partial charge in [0.05, 0.1) is 30.7 Å². The quantitative estimate of drug-likeness (QED) is 0.489. The molecule has 174 valence electrons. The van der Waals surface area contributed by atoms with Crippen molar-refractivity contribution in [1.82, 2.24) is 25.0 Å². The van der Waals surface area contributed by atoms with Crippen LogP contribution in [-0.4, -0.2) is 64.2 Å². The Balaban J connectivity index is 1.42. The molecule has 1 aliphatic heterocycles. The number of rotatable bonds is 8. The lowest BCUT2D eigenvalue weighted by Crippen LogP contribution is -2.43. The molecule has 2 heterocycles. The Hall–Kier alpha value is -2.39. The SMILES string of the molecule is Cc1ccc(C(CN2CCOCC2)NC(=O)CSc2nncn2-c2ccc(C)c(Cl)c2)cc1. The van der Waals surface area contributed by atoms with Gasteiger partial charge in [-0.1, -0.05) is 59.3 Å². The molecule has 1 atom stereocenters. The Morgan fingerprint density at radius 1 is 1.18 bits per heavy atom. The Labute approximate surface area is 203 Å². The van der Waals surface area contributed by atoms with E-state index in [-0.39, 0.29) is 17.7 Å². The first-order chi connectivity index (χ1) is 16.0. The third kappa shape index (κ3) is 6.35. The number of carbonyl (C=O) groups is 1. The molecule has 1 N–H and O–H groups in total. The number of hydrogen-bond donors (Lipinski definition) is 1. The van der Waals surface area contributed by atoms with Gasteiger partial charge in [0.1, 0.15) is 6.33 Å². The van der Waals surface area contributed by atoms with Gasteiger partial charge in [-0.2, -0.15) is 0 Å². The summed E-state index contributed by atoms with van der Waals surface area (Å²) in [7, 11) is 0. The van der Waals surface area contributed by atoms with Crippen molar-refractivity contribution in [2.45, 2.75) is 25.0 Å². The highest BCUT2D eigenvalue weighted by molar-refractivity contribution is 7.99. The third-order valence-corrected chi connectivity index (χ3v) is 6.99. The molecule has 0 radical (unpaired) electrons. The number of aryl methyl sites for hydroxylation is 2. The third-order valence-electron chi connectivity index (χ3n) is 5.64. The Kier molecular flexibility index (Phi) is 8.03. The number of aromatic nitrogens is 3. The molecule has 0 saturated carbocycles. The number of carbonyl (C=O) groups excluding carboxylic acids is 1. The number of thioether (sulfide) groups is 1. The highest BCUT2D eigenvalue weighted by atomic mass is 35.5. The number of nitrogens with one attached hydrogen (secondary N) is 1. The smallest absolute Gasteiger partial charge is 0.231 e. The van der Waals surface area contributed by atoms with E-state index in [0.29, 0.717) is 10.2 Å². The normalized spacial score (nSPS) is 15.4. The van der Waals surface area contributed by atoms with Gasteiger partial charge in [0.15, 0.2) is 5.16 Å². The largest absolute Gasteiger partial charge is 0.379 e. The fourth-order valence-corrected chi connectivity index (χ4v) is 4.59. The van der Waals surface area contributed by atoms with Gasteiger partial charge in [0, 0.05) is 24.7 Å². The summed E-state index contributed by atoms with van der Waals surface area (Å²) in [6.07, 6.45) is 1.63. The molecule has 2 aromatic carbocycles.